The first kappa shape index (κ1) is 19.0. The zero-order chi connectivity index (χ0) is 19.7. The van der Waals surface area contributed by atoms with Crippen LogP contribution in [0, 0.1) is 40.4 Å². The van der Waals surface area contributed by atoms with Crippen LogP contribution >= 0.6 is 0 Å². The number of aliphatic hydroxyl groups excluding tert-OH is 2. The summed E-state index contributed by atoms with van der Waals surface area (Å²) in [5.41, 5.74) is -0.0690. The Morgan fingerprint density at radius 1 is 1.37 bits per heavy atom. The van der Waals surface area contributed by atoms with E-state index in [0.717, 1.165) is 24.8 Å². The summed E-state index contributed by atoms with van der Waals surface area (Å²) in [6.07, 6.45) is 5.14. The zero-order valence-electron chi connectivity index (χ0n) is 16.2. The fourth-order valence-electron chi connectivity index (χ4n) is 7.53. The number of ketones is 2. The SMILES string of the molecule is C[C@@H]1C[C@H]2[C@@H]3CCC4=CC(=O)C(F)=C[C@]4(C)[C@H]3[C@@H](O)C[C@]2(C)[C@H]1C(=O)CO. The van der Waals surface area contributed by atoms with E-state index >= 15 is 0 Å². The topological polar surface area (TPSA) is 74.6 Å². The molecular weight excluding hydrogens is 347 g/mol. The highest BCUT2D eigenvalue weighted by atomic mass is 19.1. The molecule has 0 radical (unpaired) electrons. The van der Waals surface area contributed by atoms with E-state index in [2.05, 4.69) is 13.8 Å². The number of hydrogen-bond donors (Lipinski definition) is 2. The molecule has 4 aliphatic rings. The standard InChI is InChI=1S/C22H29FO4/c1-11-6-14-13-5-4-12-7-16(25)15(23)8-21(12,2)20(13)17(26)9-22(14,3)19(11)18(27)10-24/h7-8,11,13-14,17,19-20,24,26H,4-6,9-10H2,1-3H3/t11-,13+,14+,17+,19-,20-,21+,22+/m1/s1. The van der Waals surface area contributed by atoms with Crippen molar-refractivity contribution < 1.29 is 24.2 Å². The first-order valence-corrected chi connectivity index (χ1v) is 10.1. The third-order valence-electron chi connectivity index (χ3n) is 8.40. The van der Waals surface area contributed by atoms with E-state index in [9.17, 15) is 24.2 Å². The summed E-state index contributed by atoms with van der Waals surface area (Å²) in [4.78, 5) is 24.3. The van der Waals surface area contributed by atoms with Crippen molar-refractivity contribution in [2.24, 2.45) is 40.4 Å². The highest BCUT2D eigenvalue weighted by molar-refractivity contribution is 6.04. The van der Waals surface area contributed by atoms with Crippen LogP contribution in [0.3, 0.4) is 0 Å². The van der Waals surface area contributed by atoms with E-state index in [1.165, 1.54) is 12.2 Å². The first-order valence-electron chi connectivity index (χ1n) is 10.1. The van der Waals surface area contributed by atoms with Gasteiger partial charge in [0.25, 0.3) is 0 Å². The van der Waals surface area contributed by atoms with Gasteiger partial charge in [-0.05, 0) is 61.0 Å². The molecule has 0 spiro atoms. The summed E-state index contributed by atoms with van der Waals surface area (Å²) in [5.74, 6) is -1.22. The fourth-order valence-corrected chi connectivity index (χ4v) is 7.53. The predicted molar refractivity (Wildman–Crippen MR) is 98.2 cm³/mol. The average molecular weight is 376 g/mol. The molecule has 0 aromatic carbocycles. The zero-order valence-corrected chi connectivity index (χ0v) is 16.2. The number of hydrogen-bond acceptors (Lipinski definition) is 4. The van der Waals surface area contributed by atoms with Crippen molar-refractivity contribution in [1.29, 1.82) is 0 Å². The Hall–Kier alpha value is -1.33. The van der Waals surface area contributed by atoms with Gasteiger partial charge in [0, 0.05) is 17.3 Å². The Morgan fingerprint density at radius 3 is 2.74 bits per heavy atom. The molecule has 0 unspecified atom stereocenters. The molecular formula is C22H29FO4. The van der Waals surface area contributed by atoms with E-state index in [-0.39, 0.29) is 40.8 Å². The number of allylic oxidation sites excluding steroid dienone is 4. The van der Waals surface area contributed by atoms with E-state index in [4.69, 9.17) is 0 Å². The number of carbonyl (C=O) groups is 2. The first-order chi connectivity index (χ1) is 12.6. The second-order valence-electron chi connectivity index (χ2n) is 9.74. The molecule has 3 fully saturated rings. The van der Waals surface area contributed by atoms with Crippen molar-refractivity contribution in [2.45, 2.75) is 52.6 Å². The lowest BCUT2D eigenvalue weighted by Gasteiger charge is -2.58. The van der Waals surface area contributed by atoms with Crippen LogP contribution in [0.5, 0.6) is 0 Å². The quantitative estimate of drug-likeness (QED) is 0.777. The van der Waals surface area contributed by atoms with Gasteiger partial charge >= 0.3 is 0 Å². The van der Waals surface area contributed by atoms with Crippen LogP contribution in [0.25, 0.3) is 0 Å². The molecule has 4 rings (SSSR count). The van der Waals surface area contributed by atoms with Gasteiger partial charge in [-0.25, -0.2) is 4.39 Å². The summed E-state index contributed by atoms with van der Waals surface area (Å²) in [6.45, 7) is 5.65. The van der Waals surface area contributed by atoms with Crippen molar-refractivity contribution in [1.82, 2.24) is 0 Å². The fraction of sp³-hybridized carbons (Fsp3) is 0.727. The maximum Gasteiger partial charge on any atom is 0.213 e. The number of carbonyl (C=O) groups excluding carboxylic acids is 2. The number of fused-ring (bicyclic) bond motifs is 5. The van der Waals surface area contributed by atoms with Crippen molar-refractivity contribution in [3.63, 3.8) is 0 Å². The molecule has 0 bridgehead atoms. The van der Waals surface area contributed by atoms with Gasteiger partial charge in [0.1, 0.15) is 6.61 Å². The third-order valence-corrected chi connectivity index (χ3v) is 8.40. The number of rotatable bonds is 2. The maximum absolute atomic E-state index is 14.2. The maximum atomic E-state index is 14.2. The van der Waals surface area contributed by atoms with E-state index in [1.54, 1.807) is 0 Å². The molecule has 148 valence electrons. The van der Waals surface area contributed by atoms with Gasteiger partial charge in [-0.2, -0.15) is 0 Å². The van der Waals surface area contributed by atoms with Gasteiger partial charge in [0.15, 0.2) is 11.6 Å². The molecule has 0 heterocycles. The lowest BCUT2D eigenvalue weighted by Crippen LogP contribution is -2.56. The minimum absolute atomic E-state index is 0.130. The Labute approximate surface area is 159 Å². The predicted octanol–water partition coefficient (Wildman–Crippen LogP) is 2.99. The molecule has 4 nitrogen and oxygen atoms in total. The molecule has 0 aromatic rings. The summed E-state index contributed by atoms with van der Waals surface area (Å²) in [5, 5.41) is 20.7. The Bertz CT molecular complexity index is 755. The van der Waals surface area contributed by atoms with Crippen molar-refractivity contribution in [3.8, 4) is 0 Å². The van der Waals surface area contributed by atoms with Crippen molar-refractivity contribution >= 4 is 11.6 Å². The van der Waals surface area contributed by atoms with Crippen molar-refractivity contribution in [3.05, 3.63) is 23.6 Å². The van der Waals surface area contributed by atoms with E-state index in [0.29, 0.717) is 6.42 Å². The monoisotopic (exact) mass is 376 g/mol. The number of halogens is 1. The highest BCUT2D eigenvalue weighted by Gasteiger charge is 2.64. The van der Waals surface area contributed by atoms with Gasteiger partial charge < -0.3 is 10.2 Å². The molecule has 4 aliphatic carbocycles. The number of aliphatic hydroxyl groups is 2. The van der Waals surface area contributed by atoms with Gasteiger partial charge in [-0.1, -0.05) is 26.3 Å². The highest BCUT2D eigenvalue weighted by Crippen LogP contribution is 2.67. The average Bonchev–Trinajstić information content (AvgIpc) is 2.85. The van der Waals surface area contributed by atoms with Gasteiger partial charge in [-0.3, -0.25) is 9.59 Å². The second kappa shape index (κ2) is 6.08. The minimum atomic E-state index is -0.726. The van der Waals surface area contributed by atoms with E-state index < -0.39 is 29.7 Å². The van der Waals surface area contributed by atoms with Crippen LogP contribution < -0.4 is 0 Å². The lowest BCUT2D eigenvalue weighted by atomic mass is 9.46. The van der Waals surface area contributed by atoms with Crippen molar-refractivity contribution in [2.75, 3.05) is 6.61 Å². The Kier molecular flexibility index (Phi) is 4.28. The largest absolute Gasteiger partial charge is 0.393 e. The minimum Gasteiger partial charge on any atom is -0.393 e. The molecule has 3 saturated carbocycles. The smallest absolute Gasteiger partial charge is 0.213 e. The van der Waals surface area contributed by atoms with Crippen LogP contribution in [0.2, 0.25) is 0 Å². The Balaban J connectivity index is 1.75. The van der Waals surface area contributed by atoms with Gasteiger partial charge in [-0.15, -0.1) is 0 Å². The molecule has 5 heteroatoms. The summed E-state index contributed by atoms with van der Waals surface area (Å²) >= 11 is 0. The van der Waals surface area contributed by atoms with Crippen LogP contribution in [0.4, 0.5) is 4.39 Å². The third kappa shape index (κ3) is 2.47. The van der Waals surface area contributed by atoms with Gasteiger partial charge in [0.05, 0.1) is 6.10 Å². The molecule has 2 N–H and O–H groups in total. The van der Waals surface area contributed by atoms with Crippen LogP contribution in [0.15, 0.2) is 23.6 Å². The van der Waals surface area contributed by atoms with Crippen LogP contribution in [-0.4, -0.2) is 34.5 Å². The summed E-state index contributed by atoms with van der Waals surface area (Å²) in [7, 11) is 0. The van der Waals surface area contributed by atoms with Gasteiger partial charge in [0.2, 0.25) is 5.78 Å². The lowest BCUT2D eigenvalue weighted by molar-refractivity contribution is -0.142. The molecule has 0 aliphatic heterocycles. The van der Waals surface area contributed by atoms with Crippen LogP contribution in [-0.2, 0) is 9.59 Å². The summed E-state index contributed by atoms with van der Waals surface area (Å²) in [6, 6.07) is 0. The molecule has 0 amide bonds. The molecule has 0 saturated heterocycles. The Morgan fingerprint density at radius 2 is 2.07 bits per heavy atom. The summed E-state index contributed by atoms with van der Waals surface area (Å²) < 4.78 is 14.2. The number of Topliss-reactive ketones (excluding diaryl/α,β-unsaturated/α-hetero) is 1. The second-order valence-corrected chi connectivity index (χ2v) is 9.74. The normalized spacial score (nSPS) is 48.9. The molecule has 0 aromatic heterocycles. The van der Waals surface area contributed by atoms with Crippen LogP contribution in [0.1, 0.15) is 46.5 Å². The molecule has 27 heavy (non-hydrogen) atoms. The van der Waals surface area contributed by atoms with E-state index in [1.807, 2.05) is 6.92 Å². The molecule has 8 atom stereocenters.